The van der Waals surface area contributed by atoms with Gasteiger partial charge in [-0.2, -0.15) is 4.98 Å². The van der Waals surface area contributed by atoms with Crippen molar-refractivity contribution in [1.29, 1.82) is 0 Å². The molecule has 4 rings (SSSR count). The highest BCUT2D eigenvalue weighted by molar-refractivity contribution is 7.91. The first-order valence-electron chi connectivity index (χ1n) is 8.88. The maximum atomic E-state index is 12.2. The van der Waals surface area contributed by atoms with Crippen LogP contribution in [0.25, 0.3) is 16.7 Å². The third-order valence-electron chi connectivity index (χ3n) is 4.53. The van der Waals surface area contributed by atoms with Crippen molar-refractivity contribution >= 4 is 48.3 Å². The zero-order valence-electron chi connectivity index (χ0n) is 16.2. The highest BCUT2D eigenvalue weighted by atomic mass is 32.2. The minimum absolute atomic E-state index is 0.00848. The molecule has 0 radical (unpaired) electrons. The summed E-state index contributed by atoms with van der Waals surface area (Å²) in [5, 5.41) is 8.21. The Morgan fingerprint density at radius 1 is 0.935 bits per heavy atom. The summed E-state index contributed by atoms with van der Waals surface area (Å²) in [4.78, 5) is 8.57. The first kappa shape index (κ1) is 20.8. The Hall–Kier alpha value is -3.48. The molecule has 0 amide bonds. The Kier molecular flexibility index (Phi) is 4.92. The van der Waals surface area contributed by atoms with Crippen LogP contribution in [0.15, 0.2) is 70.6 Å². The number of sulfonamides is 1. The van der Waals surface area contributed by atoms with E-state index >= 15 is 0 Å². The zero-order valence-corrected chi connectivity index (χ0v) is 17.9. The number of nitrogens with zero attached hydrogens (tertiary/aromatic N) is 3. The number of fused-ring (bicyclic) bond motifs is 1. The Morgan fingerprint density at radius 3 is 2.26 bits per heavy atom. The van der Waals surface area contributed by atoms with Crippen LogP contribution in [0.2, 0.25) is 0 Å². The number of hydrogen-bond donors (Lipinski definition) is 3. The molecule has 0 atom stereocenters. The van der Waals surface area contributed by atoms with Gasteiger partial charge in [0.1, 0.15) is 5.52 Å². The van der Waals surface area contributed by atoms with Crippen LogP contribution in [-0.2, 0) is 19.9 Å². The average Bonchev–Trinajstić information content (AvgIpc) is 3.11. The smallest absolute Gasteiger partial charge is 0.238 e. The highest BCUT2D eigenvalue weighted by Gasteiger charge is 2.17. The predicted molar refractivity (Wildman–Crippen MR) is 117 cm³/mol. The van der Waals surface area contributed by atoms with E-state index in [0.29, 0.717) is 28.2 Å². The van der Waals surface area contributed by atoms with Crippen LogP contribution in [0.3, 0.4) is 0 Å². The van der Waals surface area contributed by atoms with Crippen molar-refractivity contribution in [1.82, 2.24) is 14.5 Å². The van der Waals surface area contributed by atoms with Gasteiger partial charge in [-0.05, 0) is 42.5 Å². The van der Waals surface area contributed by atoms with Crippen molar-refractivity contribution in [2.45, 2.75) is 9.79 Å². The van der Waals surface area contributed by atoms with Gasteiger partial charge in [0.05, 0.1) is 21.0 Å². The summed E-state index contributed by atoms with van der Waals surface area (Å²) in [7, 11) is -7.32. The summed E-state index contributed by atoms with van der Waals surface area (Å²) in [5.74, 6) is 0.299. The lowest BCUT2D eigenvalue weighted by atomic mass is 10.3. The molecule has 2 heterocycles. The summed E-state index contributed by atoms with van der Waals surface area (Å²) >= 11 is 0. The molecule has 0 bridgehead atoms. The maximum absolute atomic E-state index is 12.2. The van der Waals surface area contributed by atoms with E-state index in [-0.39, 0.29) is 15.7 Å². The molecule has 0 unspecified atom stereocenters. The molecular formula is C19H18N6O4S2. The topological polar surface area (TPSA) is 163 Å². The monoisotopic (exact) mass is 458 g/mol. The van der Waals surface area contributed by atoms with Crippen LogP contribution < -0.4 is 16.2 Å². The summed E-state index contributed by atoms with van der Waals surface area (Å²) in [5.41, 5.74) is 7.85. The number of rotatable bonds is 5. The lowest BCUT2D eigenvalue weighted by Gasteiger charge is -2.14. The van der Waals surface area contributed by atoms with E-state index in [9.17, 15) is 16.8 Å². The van der Waals surface area contributed by atoms with E-state index in [1.54, 1.807) is 47.2 Å². The van der Waals surface area contributed by atoms with Gasteiger partial charge in [0.2, 0.25) is 16.0 Å². The van der Waals surface area contributed by atoms with Gasteiger partial charge in [0.25, 0.3) is 0 Å². The van der Waals surface area contributed by atoms with E-state index in [0.717, 1.165) is 6.26 Å². The van der Waals surface area contributed by atoms with E-state index < -0.39 is 19.9 Å². The molecule has 31 heavy (non-hydrogen) atoms. The normalized spacial score (nSPS) is 12.2. The molecule has 0 saturated carbocycles. The number of para-hydroxylation sites is 1. The number of aromatic nitrogens is 3. The van der Waals surface area contributed by atoms with Crippen molar-refractivity contribution in [2.75, 3.05) is 17.3 Å². The Labute approximate surface area is 178 Å². The SMILES string of the molecule is CS(=O)(=O)c1ccccc1Nc1nc(N)nc2ccn(-c3ccc(S(N)(=O)=O)cc3)c12. The van der Waals surface area contributed by atoms with Gasteiger partial charge >= 0.3 is 0 Å². The van der Waals surface area contributed by atoms with Crippen molar-refractivity contribution in [3.63, 3.8) is 0 Å². The van der Waals surface area contributed by atoms with Gasteiger partial charge in [0.15, 0.2) is 15.7 Å². The van der Waals surface area contributed by atoms with E-state index in [1.807, 2.05) is 0 Å². The van der Waals surface area contributed by atoms with Gasteiger partial charge in [0, 0.05) is 18.1 Å². The van der Waals surface area contributed by atoms with Gasteiger partial charge in [-0.3, -0.25) is 0 Å². The molecule has 0 aliphatic carbocycles. The van der Waals surface area contributed by atoms with E-state index in [1.165, 1.54) is 18.2 Å². The number of sulfone groups is 1. The molecule has 0 aliphatic rings. The number of hydrogen-bond acceptors (Lipinski definition) is 8. The van der Waals surface area contributed by atoms with Crippen LogP contribution in [0.4, 0.5) is 17.5 Å². The molecule has 2 aromatic heterocycles. The van der Waals surface area contributed by atoms with Crippen molar-refractivity contribution < 1.29 is 16.8 Å². The van der Waals surface area contributed by atoms with Gasteiger partial charge in [-0.1, -0.05) is 12.1 Å². The molecule has 0 fully saturated rings. The van der Waals surface area contributed by atoms with Crippen LogP contribution >= 0.6 is 0 Å². The molecule has 10 nitrogen and oxygen atoms in total. The summed E-state index contributed by atoms with van der Waals surface area (Å²) in [6, 6.07) is 14.1. The van der Waals surface area contributed by atoms with Crippen molar-refractivity contribution in [3.05, 3.63) is 60.8 Å². The Balaban J connectivity index is 1.88. The minimum atomic E-state index is -3.82. The maximum Gasteiger partial charge on any atom is 0.238 e. The molecule has 0 aliphatic heterocycles. The van der Waals surface area contributed by atoms with Crippen LogP contribution in [0, 0.1) is 0 Å². The standard InChI is InChI=1S/C19H18N6O4S2/c1-30(26,27)16-5-3-2-4-14(16)22-18-17-15(23-19(20)24-18)10-11-25(17)12-6-8-13(9-7-12)31(21,28)29/h2-11H,1H3,(H2,21,28,29)(H3,20,22,23,24). The van der Waals surface area contributed by atoms with Crippen LogP contribution in [-0.4, -0.2) is 37.6 Å². The van der Waals surface area contributed by atoms with Crippen LogP contribution in [0.1, 0.15) is 0 Å². The van der Waals surface area contributed by atoms with Crippen molar-refractivity contribution in [3.8, 4) is 5.69 Å². The second-order valence-electron chi connectivity index (χ2n) is 6.78. The van der Waals surface area contributed by atoms with Gasteiger partial charge in [-0.15, -0.1) is 0 Å². The lowest BCUT2D eigenvalue weighted by Crippen LogP contribution is -2.12. The molecule has 12 heteroatoms. The first-order chi connectivity index (χ1) is 14.5. The third-order valence-corrected chi connectivity index (χ3v) is 6.62. The van der Waals surface area contributed by atoms with Gasteiger partial charge in [-0.25, -0.2) is 27.0 Å². The first-order valence-corrected chi connectivity index (χ1v) is 12.3. The lowest BCUT2D eigenvalue weighted by molar-refractivity contribution is 0.597. The second kappa shape index (κ2) is 7.34. The fourth-order valence-corrected chi connectivity index (χ4v) is 4.54. The van der Waals surface area contributed by atoms with Crippen molar-refractivity contribution in [2.24, 2.45) is 5.14 Å². The third kappa shape index (κ3) is 4.08. The van der Waals surface area contributed by atoms with E-state index in [2.05, 4.69) is 15.3 Å². The van der Waals surface area contributed by atoms with E-state index in [4.69, 9.17) is 10.9 Å². The minimum Gasteiger partial charge on any atom is -0.368 e. The number of benzene rings is 2. The van der Waals surface area contributed by atoms with Gasteiger partial charge < -0.3 is 15.6 Å². The molecule has 2 aromatic carbocycles. The fraction of sp³-hybridized carbons (Fsp3) is 0.0526. The Bertz CT molecular complexity index is 1510. The fourth-order valence-electron chi connectivity index (χ4n) is 3.18. The molecule has 5 N–H and O–H groups in total. The summed E-state index contributed by atoms with van der Waals surface area (Å²) in [6.45, 7) is 0. The largest absolute Gasteiger partial charge is 0.368 e. The zero-order chi connectivity index (χ0) is 22.4. The summed E-state index contributed by atoms with van der Waals surface area (Å²) in [6.07, 6.45) is 2.84. The number of nitrogens with two attached hydrogens (primary N) is 2. The average molecular weight is 459 g/mol. The number of anilines is 3. The molecular weight excluding hydrogens is 440 g/mol. The molecule has 0 saturated heterocycles. The molecule has 0 spiro atoms. The Morgan fingerprint density at radius 2 is 1.61 bits per heavy atom. The predicted octanol–water partition coefficient (Wildman–Crippen LogP) is 1.80. The quantitative estimate of drug-likeness (QED) is 0.407. The second-order valence-corrected chi connectivity index (χ2v) is 10.3. The molecule has 160 valence electrons. The number of nitrogen functional groups attached to an aromatic ring is 1. The highest BCUT2D eigenvalue weighted by Crippen LogP contribution is 2.31. The van der Waals surface area contributed by atoms with Crippen LogP contribution in [0.5, 0.6) is 0 Å². The summed E-state index contributed by atoms with van der Waals surface area (Å²) < 4.78 is 49.1. The number of primary sulfonamides is 1. The molecule has 4 aromatic rings. The number of nitrogens with one attached hydrogen (secondary N) is 1.